The van der Waals surface area contributed by atoms with Gasteiger partial charge in [-0.15, -0.1) is 0 Å². The van der Waals surface area contributed by atoms with E-state index in [1.54, 1.807) is 43.3 Å². The minimum Gasteiger partial charge on any atom is -0.490 e. The Kier molecular flexibility index (Phi) is 7.88. The number of carbonyl (C=O) groups excluding carboxylic acids is 4. The van der Waals surface area contributed by atoms with Crippen LogP contribution in [0.2, 0.25) is 0 Å². The van der Waals surface area contributed by atoms with Crippen molar-refractivity contribution in [2.45, 2.75) is 6.92 Å². The van der Waals surface area contributed by atoms with Crippen molar-refractivity contribution in [3.63, 3.8) is 0 Å². The number of hydrogen-bond acceptors (Lipinski definition) is 7. The molecule has 33 heavy (non-hydrogen) atoms. The van der Waals surface area contributed by atoms with Crippen molar-refractivity contribution in [2.24, 2.45) is 0 Å². The molecular formula is C22H18Br2N2O7. The van der Waals surface area contributed by atoms with Gasteiger partial charge in [-0.25, -0.2) is 14.5 Å². The molecule has 2 aromatic rings. The second-order valence-electron chi connectivity index (χ2n) is 6.55. The molecule has 11 heteroatoms. The molecule has 0 atom stereocenters. The van der Waals surface area contributed by atoms with Crippen LogP contribution in [0, 0.1) is 0 Å². The lowest BCUT2D eigenvalue weighted by molar-refractivity contribution is -0.143. The first-order valence-electron chi connectivity index (χ1n) is 9.58. The van der Waals surface area contributed by atoms with Crippen LogP contribution in [0.15, 0.2) is 50.9 Å². The molecule has 1 fully saturated rings. The molecule has 1 saturated heterocycles. The van der Waals surface area contributed by atoms with Gasteiger partial charge in [0, 0.05) is 8.95 Å². The van der Waals surface area contributed by atoms with E-state index >= 15 is 0 Å². The molecule has 0 saturated carbocycles. The van der Waals surface area contributed by atoms with Crippen LogP contribution in [0.3, 0.4) is 0 Å². The topological polar surface area (TPSA) is 111 Å². The van der Waals surface area contributed by atoms with E-state index < -0.39 is 23.8 Å². The van der Waals surface area contributed by atoms with Gasteiger partial charge in [0.25, 0.3) is 11.8 Å². The van der Waals surface area contributed by atoms with Crippen LogP contribution < -0.4 is 19.7 Å². The lowest BCUT2D eigenvalue weighted by Crippen LogP contribution is -2.54. The first-order valence-corrected chi connectivity index (χ1v) is 11.2. The number of benzene rings is 2. The highest BCUT2D eigenvalue weighted by atomic mass is 79.9. The first-order chi connectivity index (χ1) is 15.7. The fraction of sp³-hybridized carbons (Fsp3) is 0.182. The van der Waals surface area contributed by atoms with Crippen LogP contribution in [0.1, 0.15) is 12.5 Å². The highest BCUT2D eigenvalue weighted by Gasteiger charge is 2.37. The van der Waals surface area contributed by atoms with Gasteiger partial charge < -0.3 is 14.2 Å². The molecule has 0 spiro atoms. The van der Waals surface area contributed by atoms with E-state index in [0.717, 1.165) is 9.37 Å². The number of nitrogens with zero attached hydrogens (tertiary/aromatic N) is 1. The maximum Gasteiger partial charge on any atom is 0.343 e. The minimum absolute atomic E-state index is 0.246. The van der Waals surface area contributed by atoms with Gasteiger partial charge in [-0.2, -0.15) is 0 Å². The zero-order valence-corrected chi connectivity index (χ0v) is 20.7. The Morgan fingerprint density at radius 2 is 1.73 bits per heavy atom. The van der Waals surface area contributed by atoms with Crippen LogP contribution in [0.5, 0.6) is 11.5 Å². The summed E-state index contributed by atoms with van der Waals surface area (Å²) in [5.74, 6) is -1.61. The molecule has 0 radical (unpaired) electrons. The fourth-order valence-electron chi connectivity index (χ4n) is 2.88. The van der Waals surface area contributed by atoms with Crippen molar-refractivity contribution in [3.8, 4) is 11.5 Å². The summed E-state index contributed by atoms with van der Waals surface area (Å²) in [6, 6.07) is 8.75. The Hall–Kier alpha value is -3.18. The van der Waals surface area contributed by atoms with Crippen LogP contribution in [-0.2, 0) is 19.1 Å². The first kappa shape index (κ1) is 24.5. The Bertz CT molecular complexity index is 1150. The second kappa shape index (κ2) is 10.6. The van der Waals surface area contributed by atoms with E-state index in [1.165, 1.54) is 13.2 Å². The molecule has 0 aliphatic carbocycles. The molecule has 0 bridgehead atoms. The number of ether oxygens (including phenoxy) is 3. The van der Waals surface area contributed by atoms with Crippen molar-refractivity contribution >= 4 is 67.4 Å². The summed E-state index contributed by atoms with van der Waals surface area (Å²) < 4.78 is 16.8. The van der Waals surface area contributed by atoms with Gasteiger partial charge in [-0.1, -0.05) is 31.9 Å². The van der Waals surface area contributed by atoms with Crippen molar-refractivity contribution in [2.75, 3.05) is 25.2 Å². The van der Waals surface area contributed by atoms with E-state index in [4.69, 9.17) is 9.47 Å². The van der Waals surface area contributed by atoms with Gasteiger partial charge in [0.1, 0.15) is 5.57 Å². The molecule has 172 valence electrons. The molecule has 9 nitrogen and oxygen atoms in total. The Morgan fingerprint density at radius 3 is 2.36 bits per heavy atom. The average molecular weight is 582 g/mol. The highest BCUT2D eigenvalue weighted by Crippen LogP contribution is 2.35. The number of rotatable bonds is 7. The number of hydrogen-bond donors (Lipinski definition) is 1. The average Bonchev–Trinajstić information content (AvgIpc) is 2.78. The van der Waals surface area contributed by atoms with Crippen molar-refractivity contribution in [1.82, 2.24) is 5.32 Å². The molecule has 0 unspecified atom stereocenters. The molecule has 1 N–H and O–H groups in total. The summed E-state index contributed by atoms with van der Waals surface area (Å²) in [6.45, 7) is 1.75. The molecule has 1 aliphatic heterocycles. The maximum absolute atomic E-state index is 13.1. The van der Waals surface area contributed by atoms with Gasteiger partial charge in [0.05, 0.1) is 19.4 Å². The van der Waals surface area contributed by atoms with E-state index in [-0.39, 0.29) is 17.9 Å². The molecule has 2 aromatic carbocycles. The molecule has 4 amide bonds. The SMILES string of the molecule is CCOc1cc(/C=C2\C(=O)NC(=O)N(c3ccc(Br)cc3)C2=O)c(Br)cc1OCC(=O)OC. The van der Waals surface area contributed by atoms with E-state index in [9.17, 15) is 19.2 Å². The number of halogens is 2. The number of urea groups is 1. The number of amides is 4. The smallest absolute Gasteiger partial charge is 0.343 e. The largest absolute Gasteiger partial charge is 0.490 e. The van der Waals surface area contributed by atoms with Crippen LogP contribution in [-0.4, -0.2) is 44.1 Å². The summed E-state index contributed by atoms with van der Waals surface area (Å²) in [4.78, 5) is 50.2. The van der Waals surface area contributed by atoms with Gasteiger partial charge in [0.15, 0.2) is 18.1 Å². The van der Waals surface area contributed by atoms with E-state index in [2.05, 4.69) is 41.9 Å². The monoisotopic (exact) mass is 580 g/mol. The number of methoxy groups -OCH3 is 1. The van der Waals surface area contributed by atoms with Crippen LogP contribution >= 0.6 is 31.9 Å². The lowest BCUT2D eigenvalue weighted by Gasteiger charge is -2.26. The predicted octanol–water partition coefficient (Wildman–Crippen LogP) is 3.83. The van der Waals surface area contributed by atoms with E-state index in [0.29, 0.717) is 28.1 Å². The normalized spacial score (nSPS) is 14.8. The van der Waals surface area contributed by atoms with Gasteiger partial charge in [-0.3, -0.25) is 14.9 Å². The number of imide groups is 2. The van der Waals surface area contributed by atoms with Crippen LogP contribution in [0.4, 0.5) is 10.5 Å². The Balaban J connectivity index is 1.99. The highest BCUT2D eigenvalue weighted by molar-refractivity contribution is 9.10. The summed E-state index contributed by atoms with van der Waals surface area (Å²) in [7, 11) is 1.24. The second-order valence-corrected chi connectivity index (χ2v) is 8.32. The lowest BCUT2D eigenvalue weighted by atomic mass is 10.1. The Labute approximate surface area is 205 Å². The molecule has 1 aliphatic rings. The number of esters is 1. The zero-order valence-electron chi connectivity index (χ0n) is 17.5. The predicted molar refractivity (Wildman–Crippen MR) is 126 cm³/mol. The maximum atomic E-state index is 13.1. The van der Waals surface area contributed by atoms with Gasteiger partial charge in [-0.05, 0) is 55.0 Å². The summed E-state index contributed by atoms with van der Waals surface area (Å²) >= 11 is 6.68. The molecule has 0 aromatic heterocycles. The zero-order chi connectivity index (χ0) is 24.1. The van der Waals surface area contributed by atoms with Crippen molar-refractivity contribution < 1.29 is 33.4 Å². The minimum atomic E-state index is -0.842. The van der Waals surface area contributed by atoms with Crippen molar-refractivity contribution in [3.05, 3.63) is 56.5 Å². The number of anilines is 1. The number of nitrogens with one attached hydrogen (secondary N) is 1. The Morgan fingerprint density at radius 1 is 1.06 bits per heavy atom. The standard InChI is InChI=1S/C22H18Br2N2O7/c1-3-32-17-9-12(16(24)10-18(17)33-11-19(27)31-2)8-15-20(28)25-22(30)26(21(15)29)14-6-4-13(23)5-7-14/h4-10H,3,11H2,1-2H3,(H,25,28,30)/b15-8+. The van der Waals surface area contributed by atoms with Crippen LogP contribution in [0.25, 0.3) is 6.08 Å². The summed E-state index contributed by atoms with van der Waals surface area (Å²) in [6.07, 6.45) is 1.34. The van der Waals surface area contributed by atoms with Gasteiger partial charge >= 0.3 is 12.0 Å². The fourth-order valence-corrected chi connectivity index (χ4v) is 3.58. The summed E-state index contributed by atoms with van der Waals surface area (Å²) in [5, 5.41) is 2.18. The van der Waals surface area contributed by atoms with Gasteiger partial charge in [0.2, 0.25) is 0 Å². The third kappa shape index (κ3) is 5.60. The quantitative estimate of drug-likeness (QED) is 0.300. The number of carbonyl (C=O) groups is 4. The van der Waals surface area contributed by atoms with Crippen molar-refractivity contribution in [1.29, 1.82) is 0 Å². The summed E-state index contributed by atoms with van der Waals surface area (Å²) in [5.41, 5.74) is 0.482. The molecule has 3 rings (SSSR count). The van der Waals surface area contributed by atoms with E-state index in [1.807, 2.05) is 0 Å². The third-order valence-electron chi connectivity index (χ3n) is 4.42. The molecular weight excluding hydrogens is 564 g/mol. The number of barbiturate groups is 1. The molecule has 1 heterocycles. The third-order valence-corrected chi connectivity index (χ3v) is 5.64.